The van der Waals surface area contributed by atoms with E-state index in [0.717, 1.165) is 0 Å². The van der Waals surface area contributed by atoms with Crippen molar-refractivity contribution >= 4 is 11.6 Å². The van der Waals surface area contributed by atoms with Gasteiger partial charge in [-0.05, 0) is 43.7 Å². The molecule has 5 rings (SSSR count). The van der Waals surface area contributed by atoms with Crippen molar-refractivity contribution in [1.29, 1.82) is 0 Å². The molecule has 0 bridgehead atoms. The highest BCUT2D eigenvalue weighted by atomic mass is 19.1. The van der Waals surface area contributed by atoms with E-state index in [2.05, 4.69) is 10.6 Å². The van der Waals surface area contributed by atoms with Gasteiger partial charge in [-0.3, -0.25) is 20.2 Å². The van der Waals surface area contributed by atoms with Crippen LogP contribution in [0.15, 0.2) is 66.7 Å². The maximum absolute atomic E-state index is 14.0. The lowest BCUT2D eigenvalue weighted by Gasteiger charge is -2.25. The van der Waals surface area contributed by atoms with Crippen molar-refractivity contribution in [3.05, 3.63) is 99.4 Å². The fourth-order valence-electron chi connectivity index (χ4n) is 5.44. The molecule has 3 aromatic rings. The average Bonchev–Trinajstić information content (AvgIpc) is 3.33. The van der Waals surface area contributed by atoms with Gasteiger partial charge in [0.1, 0.15) is 12.4 Å². The van der Waals surface area contributed by atoms with Crippen LogP contribution in [-0.2, 0) is 16.9 Å². The van der Waals surface area contributed by atoms with E-state index in [0.29, 0.717) is 40.5 Å². The summed E-state index contributed by atoms with van der Waals surface area (Å²) in [5, 5.41) is 18.6. The van der Waals surface area contributed by atoms with E-state index < -0.39 is 29.4 Å². The second kappa shape index (κ2) is 9.23. The molecule has 1 amide bonds. The smallest absolute Gasteiger partial charge is 0.256 e. The molecule has 2 heterocycles. The summed E-state index contributed by atoms with van der Waals surface area (Å²) in [6.45, 7) is 4.01. The predicted octanol–water partition coefficient (Wildman–Crippen LogP) is 4.37. The summed E-state index contributed by atoms with van der Waals surface area (Å²) >= 11 is 0. The number of amides is 1. The standard InChI is InChI=1S/C27H26FN3O5/c1-3-35-23-14-17(12-13-22(23)36-15-18-8-4-6-10-20(18)28)24-16(2)30-27(25(24)31(33)34)19-9-5-7-11-21(19)29-26(27)32/h4-14,16,24-25,30H,3,15H2,1-2H3,(H,29,32)/t16-,24-,25+,27+/m0/s1. The number of hydrogen-bond acceptors (Lipinski definition) is 6. The number of halogens is 1. The molecule has 4 atom stereocenters. The van der Waals surface area contributed by atoms with Crippen molar-refractivity contribution < 1.29 is 23.6 Å². The number of hydrogen-bond donors (Lipinski definition) is 2. The Hall–Kier alpha value is -3.98. The summed E-state index contributed by atoms with van der Waals surface area (Å²) in [5.41, 5.74) is 0.699. The molecule has 3 aromatic carbocycles. The van der Waals surface area contributed by atoms with Gasteiger partial charge >= 0.3 is 0 Å². The van der Waals surface area contributed by atoms with Gasteiger partial charge in [-0.1, -0.05) is 42.5 Å². The molecule has 186 valence electrons. The van der Waals surface area contributed by atoms with E-state index in [4.69, 9.17) is 9.47 Å². The largest absolute Gasteiger partial charge is 0.490 e. The maximum atomic E-state index is 14.0. The molecule has 0 aliphatic carbocycles. The third kappa shape index (κ3) is 3.76. The van der Waals surface area contributed by atoms with Gasteiger partial charge in [0.15, 0.2) is 17.0 Å². The van der Waals surface area contributed by atoms with Crippen LogP contribution in [0, 0.1) is 15.9 Å². The second-order valence-corrected chi connectivity index (χ2v) is 9.02. The minimum absolute atomic E-state index is 0.00503. The van der Waals surface area contributed by atoms with Crippen LogP contribution in [0.25, 0.3) is 0 Å². The van der Waals surface area contributed by atoms with Gasteiger partial charge in [0.2, 0.25) is 0 Å². The van der Waals surface area contributed by atoms with E-state index in [9.17, 15) is 19.3 Å². The number of carbonyl (C=O) groups excluding carboxylic acids is 1. The van der Waals surface area contributed by atoms with Crippen LogP contribution in [0.3, 0.4) is 0 Å². The van der Waals surface area contributed by atoms with Crippen molar-refractivity contribution in [1.82, 2.24) is 5.32 Å². The lowest BCUT2D eigenvalue weighted by atomic mass is 9.78. The van der Waals surface area contributed by atoms with E-state index in [1.165, 1.54) is 6.07 Å². The Labute approximate surface area is 207 Å². The van der Waals surface area contributed by atoms with Crippen molar-refractivity contribution in [3.63, 3.8) is 0 Å². The molecular weight excluding hydrogens is 465 g/mol. The summed E-state index contributed by atoms with van der Waals surface area (Å²) in [6.07, 6.45) is 0. The van der Waals surface area contributed by atoms with Crippen LogP contribution in [0.4, 0.5) is 10.1 Å². The molecule has 2 N–H and O–H groups in total. The average molecular weight is 492 g/mol. The Balaban J connectivity index is 1.51. The molecule has 9 heteroatoms. The number of rotatable bonds is 7. The zero-order valence-electron chi connectivity index (χ0n) is 19.9. The van der Waals surface area contributed by atoms with Gasteiger partial charge in [-0.25, -0.2) is 4.39 Å². The molecular formula is C27H26FN3O5. The van der Waals surface area contributed by atoms with Crippen molar-refractivity contribution in [3.8, 4) is 11.5 Å². The molecule has 36 heavy (non-hydrogen) atoms. The van der Waals surface area contributed by atoms with Crippen LogP contribution >= 0.6 is 0 Å². The number of ether oxygens (including phenoxy) is 2. The maximum Gasteiger partial charge on any atom is 0.256 e. The first-order valence-corrected chi connectivity index (χ1v) is 11.8. The highest BCUT2D eigenvalue weighted by Gasteiger charge is 2.67. The lowest BCUT2D eigenvalue weighted by Crippen LogP contribution is -2.54. The molecule has 0 aromatic heterocycles. The first-order chi connectivity index (χ1) is 17.4. The summed E-state index contributed by atoms with van der Waals surface area (Å²) in [7, 11) is 0. The fourth-order valence-corrected chi connectivity index (χ4v) is 5.44. The predicted molar refractivity (Wildman–Crippen MR) is 131 cm³/mol. The highest BCUT2D eigenvalue weighted by Crippen LogP contribution is 2.50. The Kier molecular flexibility index (Phi) is 6.09. The van der Waals surface area contributed by atoms with Crippen molar-refractivity contribution in [2.45, 2.75) is 44.0 Å². The fraction of sp³-hybridized carbons (Fsp3) is 0.296. The third-order valence-corrected chi connectivity index (χ3v) is 6.96. The van der Waals surface area contributed by atoms with Crippen LogP contribution in [0.2, 0.25) is 0 Å². The molecule has 0 saturated carbocycles. The Morgan fingerprint density at radius 2 is 1.81 bits per heavy atom. The number of anilines is 1. The quantitative estimate of drug-likeness (QED) is 0.376. The van der Waals surface area contributed by atoms with Gasteiger partial charge in [0.25, 0.3) is 11.9 Å². The highest BCUT2D eigenvalue weighted by molar-refractivity contribution is 6.07. The molecule has 0 unspecified atom stereocenters. The third-order valence-electron chi connectivity index (χ3n) is 6.96. The minimum Gasteiger partial charge on any atom is -0.490 e. The zero-order valence-corrected chi connectivity index (χ0v) is 19.9. The Morgan fingerprint density at radius 3 is 2.56 bits per heavy atom. The van der Waals surface area contributed by atoms with E-state index >= 15 is 0 Å². The molecule has 0 radical (unpaired) electrons. The second-order valence-electron chi connectivity index (χ2n) is 9.02. The number of carbonyl (C=O) groups is 1. The van der Waals surface area contributed by atoms with Gasteiger partial charge in [0, 0.05) is 27.8 Å². The summed E-state index contributed by atoms with van der Waals surface area (Å²) < 4.78 is 25.7. The van der Waals surface area contributed by atoms with Crippen LogP contribution in [0.5, 0.6) is 11.5 Å². The van der Waals surface area contributed by atoms with E-state index in [-0.39, 0.29) is 17.3 Å². The number of nitrogens with zero attached hydrogens (tertiary/aromatic N) is 1. The molecule has 2 aliphatic heterocycles. The Morgan fingerprint density at radius 1 is 1.06 bits per heavy atom. The first kappa shape index (κ1) is 23.7. The molecule has 2 aliphatic rings. The first-order valence-electron chi connectivity index (χ1n) is 11.8. The number of benzene rings is 3. The van der Waals surface area contributed by atoms with Crippen LogP contribution < -0.4 is 20.1 Å². The van der Waals surface area contributed by atoms with Crippen molar-refractivity contribution in [2.75, 3.05) is 11.9 Å². The molecule has 8 nitrogen and oxygen atoms in total. The topological polar surface area (TPSA) is 103 Å². The number of para-hydroxylation sites is 1. The monoisotopic (exact) mass is 491 g/mol. The van der Waals surface area contributed by atoms with Crippen LogP contribution in [0.1, 0.15) is 36.5 Å². The van der Waals surface area contributed by atoms with Crippen molar-refractivity contribution in [2.24, 2.45) is 0 Å². The van der Waals surface area contributed by atoms with E-state index in [1.807, 2.05) is 13.8 Å². The van der Waals surface area contributed by atoms with Gasteiger partial charge in [-0.15, -0.1) is 0 Å². The molecule has 1 saturated heterocycles. The molecule has 1 spiro atoms. The summed E-state index contributed by atoms with van der Waals surface area (Å²) in [5.74, 6) is -0.629. The number of nitrogens with one attached hydrogen (secondary N) is 2. The molecule has 1 fully saturated rings. The van der Waals surface area contributed by atoms with Gasteiger partial charge < -0.3 is 14.8 Å². The summed E-state index contributed by atoms with van der Waals surface area (Å²) in [6, 6.07) is 16.9. The number of fused-ring (bicyclic) bond motifs is 2. The normalized spacial score (nSPS) is 24.4. The number of nitro groups is 1. The zero-order chi connectivity index (χ0) is 25.4. The SMILES string of the molecule is CCOc1cc([C@@H]2[C@H](C)N[C@@]3(C(=O)Nc4ccccc43)[C@@H]2[N+](=O)[O-])ccc1OCc1ccccc1F. The minimum atomic E-state index is -1.49. The van der Waals surface area contributed by atoms with E-state index in [1.54, 1.807) is 60.7 Å². The summed E-state index contributed by atoms with van der Waals surface area (Å²) in [4.78, 5) is 25.4. The Bertz CT molecular complexity index is 1330. The van der Waals surface area contributed by atoms with Gasteiger partial charge in [0.05, 0.1) is 12.5 Å². The van der Waals surface area contributed by atoms with Crippen LogP contribution in [-0.4, -0.2) is 29.5 Å². The lowest BCUT2D eigenvalue weighted by molar-refractivity contribution is -0.532. The van der Waals surface area contributed by atoms with Gasteiger partial charge in [-0.2, -0.15) is 0 Å².